The number of primary amides is 1. The molecule has 0 spiro atoms. The van der Waals surface area contributed by atoms with E-state index in [1.165, 1.54) is 0 Å². The third-order valence-electron chi connectivity index (χ3n) is 7.81. The summed E-state index contributed by atoms with van der Waals surface area (Å²) in [4.78, 5) is 57.6. The molecule has 0 fully saturated rings. The van der Waals surface area contributed by atoms with Crippen molar-refractivity contribution in [3.63, 3.8) is 0 Å². The van der Waals surface area contributed by atoms with E-state index in [1.54, 1.807) is 56.3 Å². The van der Waals surface area contributed by atoms with Gasteiger partial charge in [0, 0.05) is 32.6 Å². The molecule has 2 aromatic rings. The zero-order valence-corrected chi connectivity index (χ0v) is 26.9. The summed E-state index contributed by atoms with van der Waals surface area (Å²) in [5.41, 5.74) is 30.9. The number of aryl methyl sites for hydroxylation is 2. The van der Waals surface area contributed by atoms with Gasteiger partial charge in [-0.3, -0.25) is 24.2 Å². The molecule has 2 rings (SSSR count). The van der Waals surface area contributed by atoms with Crippen molar-refractivity contribution in [1.82, 2.24) is 5.32 Å². The molecule has 12 heteroatoms. The highest BCUT2D eigenvalue weighted by Crippen LogP contribution is 2.26. The van der Waals surface area contributed by atoms with Gasteiger partial charge in [-0.2, -0.15) is 0 Å². The number of aromatic hydroxyl groups is 1. The third kappa shape index (κ3) is 13.0. The summed E-state index contributed by atoms with van der Waals surface area (Å²) < 4.78 is 18.0. The average molecular weight is 640 g/mol. The Morgan fingerprint density at radius 3 is 2.15 bits per heavy atom. The number of nitrogens with zero attached hydrogens (tertiary/aromatic N) is 1. The average Bonchev–Trinajstić information content (AvgIpc) is 3.00. The van der Waals surface area contributed by atoms with E-state index in [1.807, 2.05) is 0 Å². The van der Waals surface area contributed by atoms with E-state index in [9.17, 15) is 25.7 Å². The summed E-state index contributed by atoms with van der Waals surface area (Å²) in [5.74, 6) is -6.20. The SMILES string of the molecule is [2H][C@](CC(=O)[C@]([2H])(CCCCN)NC(=O)[C@@H](CC(=O)[C@H](N)CCCN=C(N)N)Cc1c(C)cc(O)cc1C)(Cc1ccccc1)C(N)=O. The second kappa shape index (κ2) is 19.3. The maximum Gasteiger partial charge on any atom is 0.224 e. The fourth-order valence-electron chi connectivity index (χ4n) is 5.22. The van der Waals surface area contributed by atoms with Crippen LogP contribution in [0.4, 0.5) is 0 Å². The van der Waals surface area contributed by atoms with Crippen LogP contribution in [-0.4, -0.2) is 59.6 Å². The van der Waals surface area contributed by atoms with E-state index in [0.717, 1.165) is 0 Å². The topological polar surface area (TPSA) is 243 Å². The van der Waals surface area contributed by atoms with Crippen molar-refractivity contribution >= 4 is 29.3 Å². The smallest absolute Gasteiger partial charge is 0.224 e. The van der Waals surface area contributed by atoms with Crippen LogP contribution in [0.5, 0.6) is 5.75 Å². The molecule has 0 heterocycles. The second-order valence-electron chi connectivity index (χ2n) is 11.6. The van der Waals surface area contributed by atoms with E-state index in [0.29, 0.717) is 41.5 Å². The minimum atomic E-state index is -2.24. The highest BCUT2D eigenvalue weighted by molar-refractivity contribution is 5.94. The number of carbonyl (C=O) groups is 4. The standard InChI is InChI=1S/C34H51N7O5/c1-21-15-26(42)16-22(2)27(21)18-25(20-30(43)28(36)11-8-14-40-34(38)39)33(46)41-29(12-6-7-13-35)31(44)19-24(32(37)45)17-23-9-4-3-5-10-23/h3-5,9-10,15-16,24-25,28-29,42H,6-8,11-14,17-20,35-36H2,1-2H3,(H2,37,45)(H,41,46)(H4,38,39,40)/t24-,25-,28-,29+/m1/s1/i24D,29D. The predicted molar refractivity (Wildman–Crippen MR) is 180 cm³/mol. The molecule has 0 saturated carbocycles. The zero-order chi connectivity index (χ0) is 36.1. The molecule has 2 amide bonds. The number of hydrogen-bond acceptors (Lipinski definition) is 8. The molecule has 0 unspecified atom stereocenters. The Labute approximate surface area is 274 Å². The van der Waals surface area contributed by atoms with Gasteiger partial charge in [0.2, 0.25) is 11.8 Å². The summed E-state index contributed by atoms with van der Waals surface area (Å²) in [5, 5.41) is 12.6. The molecule has 2 aromatic carbocycles. The Balaban J connectivity index is 2.42. The Morgan fingerprint density at radius 2 is 1.57 bits per heavy atom. The summed E-state index contributed by atoms with van der Waals surface area (Å²) in [6.07, 6.45) is 0.189. The van der Waals surface area contributed by atoms with Crippen molar-refractivity contribution in [3.8, 4) is 5.75 Å². The fourth-order valence-corrected chi connectivity index (χ4v) is 5.22. The number of Topliss-reactive ketones (excluding diaryl/α,β-unsaturated/α-hetero) is 2. The maximum absolute atomic E-state index is 14.0. The van der Waals surface area contributed by atoms with Gasteiger partial charge >= 0.3 is 0 Å². The first kappa shape index (κ1) is 34.6. The van der Waals surface area contributed by atoms with Crippen molar-refractivity contribution in [2.75, 3.05) is 13.1 Å². The highest BCUT2D eigenvalue weighted by atomic mass is 16.3. The minimum Gasteiger partial charge on any atom is -0.508 e. The molecule has 12 nitrogen and oxygen atoms in total. The van der Waals surface area contributed by atoms with Crippen molar-refractivity contribution in [3.05, 3.63) is 64.7 Å². The van der Waals surface area contributed by atoms with Crippen molar-refractivity contribution in [2.45, 2.75) is 83.7 Å². The van der Waals surface area contributed by atoms with Gasteiger partial charge in [-0.1, -0.05) is 30.3 Å². The van der Waals surface area contributed by atoms with Crippen LogP contribution in [0.1, 0.15) is 69.9 Å². The number of nitrogens with two attached hydrogens (primary N) is 5. The molecule has 0 radical (unpaired) electrons. The molecular formula is C34H51N7O5. The maximum atomic E-state index is 14.0. The number of phenolic OH excluding ortho intramolecular Hbond substituents is 1. The molecule has 0 bridgehead atoms. The molecular weight excluding hydrogens is 586 g/mol. The number of aliphatic imine (C=N–C) groups is 1. The third-order valence-corrected chi connectivity index (χ3v) is 7.81. The molecule has 0 aliphatic carbocycles. The van der Waals surface area contributed by atoms with Gasteiger partial charge in [0.05, 0.1) is 13.4 Å². The van der Waals surface area contributed by atoms with E-state index in [4.69, 9.17) is 30.0 Å². The van der Waals surface area contributed by atoms with Gasteiger partial charge in [-0.15, -0.1) is 0 Å². The Bertz CT molecular complexity index is 1430. The predicted octanol–water partition coefficient (Wildman–Crippen LogP) is 1.43. The van der Waals surface area contributed by atoms with Gasteiger partial charge in [0.15, 0.2) is 11.7 Å². The van der Waals surface area contributed by atoms with Gasteiger partial charge in [-0.25, -0.2) is 0 Å². The van der Waals surface area contributed by atoms with E-state index < -0.39 is 53.7 Å². The second-order valence-corrected chi connectivity index (χ2v) is 11.6. The Hall–Kier alpha value is -4.29. The number of unbranched alkanes of at least 4 members (excludes halogenated alkanes) is 1. The first-order valence-electron chi connectivity index (χ1n) is 16.5. The van der Waals surface area contributed by atoms with Crippen LogP contribution >= 0.6 is 0 Å². The van der Waals surface area contributed by atoms with Crippen LogP contribution in [0.3, 0.4) is 0 Å². The fraction of sp³-hybridized carbons (Fsp3) is 0.500. The van der Waals surface area contributed by atoms with Gasteiger partial charge in [-0.05, 0) is 99.7 Å². The molecule has 0 aliphatic heterocycles. The number of phenols is 1. The summed E-state index contributed by atoms with van der Waals surface area (Å²) in [6.45, 7) is 4.10. The molecule has 0 saturated heterocycles. The van der Waals surface area contributed by atoms with Crippen LogP contribution in [0.15, 0.2) is 47.5 Å². The number of nitrogens with one attached hydrogen (secondary N) is 1. The van der Waals surface area contributed by atoms with Crippen LogP contribution < -0.4 is 34.0 Å². The lowest BCUT2D eigenvalue weighted by molar-refractivity contribution is -0.133. The first-order chi connectivity index (χ1) is 22.5. The van der Waals surface area contributed by atoms with Gasteiger partial charge < -0.3 is 39.1 Å². The van der Waals surface area contributed by atoms with Crippen LogP contribution in [0, 0.1) is 25.7 Å². The summed E-state index contributed by atoms with van der Waals surface area (Å²) in [6, 6.07) is 8.57. The van der Waals surface area contributed by atoms with E-state index >= 15 is 0 Å². The number of rotatable bonds is 21. The van der Waals surface area contributed by atoms with Crippen LogP contribution in [-0.2, 0) is 32.0 Å². The molecule has 4 atom stereocenters. The monoisotopic (exact) mass is 639 g/mol. The summed E-state index contributed by atoms with van der Waals surface area (Å²) >= 11 is 0. The lowest BCUT2D eigenvalue weighted by Gasteiger charge is -2.25. The van der Waals surface area contributed by atoms with Crippen molar-refractivity contribution in [1.29, 1.82) is 0 Å². The number of guanidine groups is 1. The normalized spacial score (nSPS) is 15.7. The lowest BCUT2D eigenvalue weighted by Crippen LogP contribution is -2.46. The lowest BCUT2D eigenvalue weighted by atomic mass is 9.86. The minimum absolute atomic E-state index is 0.0492. The van der Waals surface area contributed by atoms with Gasteiger partial charge in [0.25, 0.3) is 0 Å². The van der Waals surface area contributed by atoms with Gasteiger partial charge in [0.1, 0.15) is 11.5 Å². The first-order valence-corrected chi connectivity index (χ1v) is 15.5. The molecule has 252 valence electrons. The van der Waals surface area contributed by atoms with Crippen molar-refractivity contribution in [2.24, 2.45) is 45.5 Å². The zero-order valence-electron chi connectivity index (χ0n) is 28.9. The number of carbonyl (C=O) groups excluding carboxylic acids is 4. The Kier molecular flexibility index (Phi) is 14.5. The van der Waals surface area contributed by atoms with Crippen LogP contribution in [0.25, 0.3) is 0 Å². The van der Waals surface area contributed by atoms with Crippen molar-refractivity contribution < 1.29 is 27.0 Å². The molecule has 0 aromatic heterocycles. The number of benzene rings is 2. The molecule has 0 aliphatic rings. The van der Waals surface area contributed by atoms with Crippen LogP contribution in [0.2, 0.25) is 0 Å². The number of hydrogen-bond donors (Lipinski definition) is 7. The van der Waals surface area contributed by atoms with E-state index in [2.05, 4.69) is 10.3 Å². The van der Waals surface area contributed by atoms with E-state index in [-0.39, 0.29) is 56.9 Å². The number of ketones is 2. The highest BCUT2D eigenvalue weighted by Gasteiger charge is 2.31. The Morgan fingerprint density at radius 1 is 0.913 bits per heavy atom. The largest absolute Gasteiger partial charge is 0.508 e. The molecule has 12 N–H and O–H groups in total. The number of amides is 2. The quantitative estimate of drug-likeness (QED) is 0.0592. The summed E-state index contributed by atoms with van der Waals surface area (Å²) in [7, 11) is 0. The molecule has 46 heavy (non-hydrogen) atoms.